The molecule has 5 heteroatoms. The molecule has 0 aliphatic carbocycles. The summed E-state index contributed by atoms with van der Waals surface area (Å²) in [4.78, 5) is 17.6. The lowest BCUT2D eigenvalue weighted by Gasteiger charge is -2.30. The van der Waals surface area contributed by atoms with Crippen LogP contribution >= 0.6 is 11.3 Å². The number of rotatable bonds is 2. The minimum absolute atomic E-state index is 0.231. The van der Waals surface area contributed by atoms with Gasteiger partial charge in [0, 0.05) is 42.3 Å². The Morgan fingerprint density at radius 2 is 2.39 bits per heavy atom. The first-order chi connectivity index (χ1) is 8.74. The second kappa shape index (κ2) is 4.57. The maximum absolute atomic E-state index is 11.4. The molecule has 1 fully saturated rings. The molecule has 1 unspecified atom stereocenters. The summed E-state index contributed by atoms with van der Waals surface area (Å²) >= 11 is 1.72. The number of nitrogens with zero attached hydrogens (tertiary/aromatic N) is 2. The van der Waals surface area contributed by atoms with Crippen LogP contribution in [0, 0.1) is 0 Å². The number of carbonyl (C=O) groups is 1. The van der Waals surface area contributed by atoms with Gasteiger partial charge in [0.05, 0.1) is 0 Å². The third-order valence-corrected chi connectivity index (χ3v) is 4.23. The predicted octanol–water partition coefficient (Wildman–Crippen LogP) is 2.33. The zero-order valence-electron chi connectivity index (χ0n) is 10.2. The number of aromatic nitrogens is 1. The Bertz CT molecular complexity index is 580. The molecule has 94 valence electrons. The minimum atomic E-state index is 0.231. The second-order valence-corrected chi connectivity index (χ2v) is 5.59. The Morgan fingerprint density at radius 1 is 1.50 bits per heavy atom. The van der Waals surface area contributed by atoms with Crippen LogP contribution < -0.4 is 5.32 Å². The lowest BCUT2D eigenvalue weighted by Crippen LogP contribution is -2.43. The number of amides is 1. The van der Waals surface area contributed by atoms with E-state index < -0.39 is 0 Å². The summed E-state index contributed by atoms with van der Waals surface area (Å²) in [5, 5.41) is 6.71. The van der Waals surface area contributed by atoms with E-state index in [1.54, 1.807) is 16.2 Å². The lowest BCUT2D eigenvalue weighted by atomic mass is 10.1. The van der Waals surface area contributed by atoms with Crippen LogP contribution in [0.15, 0.2) is 23.7 Å². The van der Waals surface area contributed by atoms with Crippen LogP contribution in [-0.2, 0) is 4.79 Å². The fourth-order valence-corrected chi connectivity index (χ4v) is 3.11. The summed E-state index contributed by atoms with van der Waals surface area (Å²) in [6, 6.07) is 4.42. The molecule has 18 heavy (non-hydrogen) atoms. The van der Waals surface area contributed by atoms with E-state index in [2.05, 4.69) is 21.7 Å². The molecule has 1 aliphatic heterocycles. The van der Waals surface area contributed by atoms with Crippen LogP contribution in [0.5, 0.6) is 0 Å². The molecule has 1 saturated heterocycles. The minimum Gasteiger partial charge on any atom is -0.365 e. The van der Waals surface area contributed by atoms with Crippen molar-refractivity contribution in [1.29, 1.82) is 0 Å². The first kappa shape index (κ1) is 11.5. The number of fused-ring (bicyclic) bond motifs is 1. The van der Waals surface area contributed by atoms with E-state index in [1.165, 1.54) is 10.1 Å². The Morgan fingerprint density at radius 3 is 3.22 bits per heavy atom. The lowest BCUT2D eigenvalue weighted by molar-refractivity contribution is -0.132. The highest BCUT2D eigenvalue weighted by molar-refractivity contribution is 7.17. The van der Waals surface area contributed by atoms with Gasteiger partial charge in [-0.15, -0.1) is 11.3 Å². The number of likely N-dealkylation sites (tertiary alicyclic amines) is 1. The standard InChI is InChI=1S/C13H15N3OS/c1-16-8-9(2-3-12(16)17)15-13-10-5-7-18-11(10)4-6-14-13/h4-7,9H,2-3,8H2,1H3,(H,14,15). The van der Waals surface area contributed by atoms with E-state index in [1.807, 2.05) is 19.3 Å². The average molecular weight is 261 g/mol. The number of anilines is 1. The van der Waals surface area contributed by atoms with Gasteiger partial charge in [0.15, 0.2) is 0 Å². The maximum atomic E-state index is 11.4. The zero-order valence-corrected chi connectivity index (χ0v) is 11.0. The van der Waals surface area contributed by atoms with Gasteiger partial charge in [-0.3, -0.25) is 4.79 Å². The van der Waals surface area contributed by atoms with E-state index in [-0.39, 0.29) is 5.91 Å². The summed E-state index contributed by atoms with van der Waals surface area (Å²) < 4.78 is 1.24. The summed E-state index contributed by atoms with van der Waals surface area (Å²) in [7, 11) is 1.86. The van der Waals surface area contributed by atoms with Crippen molar-refractivity contribution in [2.75, 3.05) is 18.9 Å². The number of pyridine rings is 1. The number of nitrogens with one attached hydrogen (secondary N) is 1. The molecule has 3 rings (SSSR count). The van der Waals surface area contributed by atoms with E-state index in [0.29, 0.717) is 12.5 Å². The van der Waals surface area contributed by atoms with E-state index >= 15 is 0 Å². The normalized spacial score (nSPS) is 20.4. The highest BCUT2D eigenvalue weighted by atomic mass is 32.1. The summed E-state index contributed by atoms with van der Waals surface area (Å²) in [5.41, 5.74) is 0. The number of hydrogen-bond donors (Lipinski definition) is 1. The predicted molar refractivity (Wildman–Crippen MR) is 73.9 cm³/mol. The number of likely N-dealkylation sites (N-methyl/N-ethyl adjacent to an activating group) is 1. The van der Waals surface area contributed by atoms with Gasteiger partial charge in [-0.25, -0.2) is 4.98 Å². The van der Waals surface area contributed by atoms with Crippen LogP contribution in [0.1, 0.15) is 12.8 Å². The summed E-state index contributed by atoms with van der Waals surface area (Å²) in [6.45, 7) is 0.751. The van der Waals surface area contributed by atoms with Gasteiger partial charge in [-0.2, -0.15) is 0 Å². The van der Waals surface area contributed by atoms with Crippen molar-refractivity contribution in [2.24, 2.45) is 0 Å². The first-order valence-electron chi connectivity index (χ1n) is 6.07. The van der Waals surface area contributed by atoms with Gasteiger partial charge in [0.1, 0.15) is 5.82 Å². The molecule has 1 atom stereocenters. The number of thiophene rings is 1. The van der Waals surface area contributed by atoms with Crippen molar-refractivity contribution in [1.82, 2.24) is 9.88 Å². The van der Waals surface area contributed by atoms with Gasteiger partial charge in [-0.1, -0.05) is 0 Å². The quantitative estimate of drug-likeness (QED) is 0.902. The zero-order chi connectivity index (χ0) is 12.5. The molecule has 1 amide bonds. The third-order valence-electron chi connectivity index (χ3n) is 3.35. The Kier molecular flexibility index (Phi) is 2.91. The molecule has 2 aromatic rings. The highest BCUT2D eigenvalue weighted by Crippen LogP contribution is 2.27. The summed E-state index contributed by atoms with van der Waals surface area (Å²) in [6.07, 6.45) is 3.33. The number of carbonyl (C=O) groups excluding carboxylic acids is 1. The van der Waals surface area contributed by atoms with Crippen molar-refractivity contribution in [3.63, 3.8) is 0 Å². The van der Waals surface area contributed by atoms with E-state index in [9.17, 15) is 4.79 Å². The van der Waals surface area contributed by atoms with Crippen molar-refractivity contribution >= 4 is 33.1 Å². The molecule has 0 spiro atoms. The summed E-state index contributed by atoms with van der Waals surface area (Å²) in [5.74, 6) is 1.16. The fourth-order valence-electron chi connectivity index (χ4n) is 2.33. The molecule has 2 aromatic heterocycles. The Hall–Kier alpha value is -1.62. The second-order valence-electron chi connectivity index (χ2n) is 4.65. The van der Waals surface area contributed by atoms with Crippen LogP contribution in [0.4, 0.5) is 5.82 Å². The van der Waals surface area contributed by atoms with Gasteiger partial charge >= 0.3 is 0 Å². The highest BCUT2D eigenvalue weighted by Gasteiger charge is 2.23. The van der Waals surface area contributed by atoms with Crippen molar-refractivity contribution in [3.8, 4) is 0 Å². The molecular formula is C13H15N3OS. The van der Waals surface area contributed by atoms with Gasteiger partial charge in [0.25, 0.3) is 0 Å². The van der Waals surface area contributed by atoms with Crippen LogP contribution in [0.25, 0.3) is 10.1 Å². The maximum Gasteiger partial charge on any atom is 0.222 e. The SMILES string of the molecule is CN1CC(Nc2nccc3sccc23)CCC1=O. The largest absolute Gasteiger partial charge is 0.365 e. The van der Waals surface area contributed by atoms with E-state index in [4.69, 9.17) is 0 Å². The molecule has 0 saturated carbocycles. The van der Waals surface area contributed by atoms with Crippen LogP contribution in [-0.4, -0.2) is 35.4 Å². The van der Waals surface area contributed by atoms with Gasteiger partial charge < -0.3 is 10.2 Å². The van der Waals surface area contributed by atoms with E-state index in [0.717, 1.165) is 18.8 Å². The monoisotopic (exact) mass is 261 g/mol. The van der Waals surface area contributed by atoms with Crippen molar-refractivity contribution < 1.29 is 4.79 Å². The molecule has 4 nitrogen and oxygen atoms in total. The van der Waals surface area contributed by atoms with Crippen LogP contribution in [0.2, 0.25) is 0 Å². The molecule has 0 radical (unpaired) electrons. The molecule has 1 N–H and O–H groups in total. The Labute approximate surface area is 110 Å². The fraction of sp³-hybridized carbons (Fsp3) is 0.385. The first-order valence-corrected chi connectivity index (χ1v) is 6.95. The number of hydrogen-bond acceptors (Lipinski definition) is 4. The van der Waals surface area contributed by atoms with Gasteiger partial charge in [0.2, 0.25) is 5.91 Å². The van der Waals surface area contributed by atoms with Crippen LogP contribution in [0.3, 0.4) is 0 Å². The number of piperidine rings is 1. The third kappa shape index (κ3) is 2.06. The van der Waals surface area contributed by atoms with Crippen molar-refractivity contribution in [3.05, 3.63) is 23.7 Å². The van der Waals surface area contributed by atoms with Crippen molar-refractivity contribution in [2.45, 2.75) is 18.9 Å². The Balaban J connectivity index is 1.80. The molecule has 3 heterocycles. The van der Waals surface area contributed by atoms with Gasteiger partial charge in [-0.05, 0) is 23.9 Å². The molecular weight excluding hydrogens is 246 g/mol. The molecule has 1 aliphatic rings. The topological polar surface area (TPSA) is 45.2 Å². The molecule has 0 bridgehead atoms. The molecule has 0 aromatic carbocycles. The smallest absolute Gasteiger partial charge is 0.222 e. The average Bonchev–Trinajstić information content (AvgIpc) is 2.83.